The van der Waals surface area contributed by atoms with Gasteiger partial charge in [0.25, 0.3) is 0 Å². The molecule has 0 saturated carbocycles. The molecule has 2 aromatic carbocycles. The van der Waals surface area contributed by atoms with Gasteiger partial charge in [-0.05, 0) is 68.0 Å². The number of fused-ring (bicyclic) bond motifs is 3. The number of benzene rings is 2. The summed E-state index contributed by atoms with van der Waals surface area (Å²) in [5, 5.41) is 15.0. The largest absolute Gasteiger partial charge is 0.487 e. The number of para-hydroxylation sites is 1. The third-order valence-corrected chi connectivity index (χ3v) is 7.12. The van der Waals surface area contributed by atoms with Crippen molar-refractivity contribution < 1.29 is 9.84 Å². The van der Waals surface area contributed by atoms with E-state index in [1.165, 1.54) is 22.0 Å². The van der Waals surface area contributed by atoms with Crippen molar-refractivity contribution in [2.45, 2.75) is 45.3 Å². The van der Waals surface area contributed by atoms with Crippen LogP contribution in [0.25, 0.3) is 10.9 Å². The molecular formula is C28H30N4O2. The lowest BCUT2D eigenvalue weighted by atomic mass is 10.1. The highest BCUT2D eigenvalue weighted by atomic mass is 16.5. The lowest BCUT2D eigenvalue weighted by molar-refractivity contribution is 0.176. The average molecular weight is 455 g/mol. The number of rotatable bonds is 5. The Balaban J connectivity index is 1.23. The number of hydrogen-bond acceptors (Lipinski definition) is 5. The molecule has 174 valence electrons. The Labute approximate surface area is 199 Å². The Morgan fingerprint density at radius 2 is 2.15 bits per heavy atom. The van der Waals surface area contributed by atoms with Crippen molar-refractivity contribution in [1.29, 1.82) is 0 Å². The zero-order valence-corrected chi connectivity index (χ0v) is 19.6. The molecule has 0 bridgehead atoms. The second-order valence-electron chi connectivity index (χ2n) is 9.52. The van der Waals surface area contributed by atoms with Gasteiger partial charge in [0, 0.05) is 47.3 Å². The summed E-state index contributed by atoms with van der Waals surface area (Å²) in [6.07, 6.45) is 6.12. The van der Waals surface area contributed by atoms with Gasteiger partial charge in [-0.3, -0.25) is 4.98 Å². The van der Waals surface area contributed by atoms with Crippen LogP contribution in [0, 0.1) is 6.92 Å². The van der Waals surface area contributed by atoms with E-state index < -0.39 is 6.10 Å². The van der Waals surface area contributed by atoms with E-state index in [2.05, 4.69) is 76.6 Å². The number of aromatic amines is 1. The quantitative estimate of drug-likeness (QED) is 0.375. The minimum Gasteiger partial charge on any atom is -0.487 e. The Hall–Kier alpha value is -3.51. The fourth-order valence-electron chi connectivity index (χ4n) is 5.40. The molecule has 6 heteroatoms. The molecule has 0 radical (unpaired) electrons. The predicted octanol–water partition coefficient (Wildman–Crippen LogP) is 5.42. The molecule has 2 aliphatic rings. The van der Waals surface area contributed by atoms with Crippen LogP contribution in [-0.4, -0.2) is 34.3 Å². The maximum absolute atomic E-state index is 10.2. The number of nitrogens with one attached hydrogen (secondary N) is 2. The Bertz CT molecular complexity index is 1360. The Morgan fingerprint density at radius 1 is 1.24 bits per heavy atom. The summed E-state index contributed by atoms with van der Waals surface area (Å²) in [5.74, 6) is 0.907. The fraction of sp³-hybridized carbons (Fsp3) is 0.321. The highest BCUT2D eigenvalue weighted by molar-refractivity contribution is 5.86. The SMILES string of the molecule is Cc1cccc2c(CCN3CC(C)Oc4cc(Nc5ccnc6c5CCC6O)ccc43)c[nH]c12. The maximum Gasteiger partial charge on any atom is 0.145 e. The molecule has 2 unspecified atom stereocenters. The molecule has 2 aromatic heterocycles. The standard InChI is InChI=1S/C28H30N4O2/c1-17-4-3-5-21-19(15-30-27(17)21)11-13-32-16-18(2)34-26-14-20(6-8-24(26)32)31-23-10-12-29-28-22(23)7-9-25(28)33/h3-6,8,10,12,14-15,18,25,30,33H,7,9,11,13,16H2,1-2H3,(H,29,31). The van der Waals surface area contributed by atoms with Crippen LogP contribution in [0.2, 0.25) is 0 Å². The van der Waals surface area contributed by atoms with E-state index in [-0.39, 0.29) is 6.10 Å². The number of anilines is 3. The molecule has 1 aliphatic heterocycles. The summed E-state index contributed by atoms with van der Waals surface area (Å²) in [7, 11) is 0. The summed E-state index contributed by atoms with van der Waals surface area (Å²) in [6, 6.07) is 14.8. The van der Waals surface area contributed by atoms with Crippen molar-refractivity contribution >= 4 is 28.0 Å². The lowest BCUT2D eigenvalue weighted by Crippen LogP contribution is -2.39. The first kappa shape index (κ1) is 21.1. The first-order chi connectivity index (χ1) is 16.6. The number of H-pyrrole nitrogens is 1. The van der Waals surface area contributed by atoms with Crippen LogP contribution < -0.4 is 15.0 Å². The van der Waals surface area contributed by atoms with E-state index in [9.17, 15) is 5.11 Å². The number of hydrogen-bond donors (Lipinski definition) is 3. The Kier molecular flexibility index (Phi) is 5.18. The number of aromatic nitrogens is 2. The number of ether oxygens (including phenoxy) is 1. The van der Waals surface area contributed by atoms with Gasteiger partial charge in [0.1, 0.15) is 11.9 Å². The van der Waals surface area contributed by atoms with Gasteiger partial charge in [0.2, 0.25) is 0 Å². The van der Waals surface area contributed by atoms with Gasteiger partial charge < -0.3 is 25.0 Å². The highest BCUT2D eigenvalue weighted by Crippen LogP contribution is 2.39. The van der Waals surface area contributed by atoms with Gasteiger partial charge >= 0.3 is 0 Å². The third-order valence-electron chi connectivity index (χ3n) is 7.12. The maximum atomic E-state index is 10.2. The van der Waals surface area contributed by atoms with Gasteiger partial charge in [-0.15, -0.1) is 0 Å². The summed E-state index contributed by atoms with van der Waals surface area (Å²) in [5.41, 5.74) is 8.90. The number of aliphatic hydroxyl groups excluding tert-OH is 1. The number of pyridine rings is 1. The molecule has 6 rings (SSSR count). The summed E-state index contributed by atoms with van der Waals surface area (Å²) in [4.78, 5) is 10.3. The molecule has 0 fully saturated rings. The van der Waals surface area contributed by atoms with Crippen LogP contribution >= 0.6 is 0 Å². The molecule has 1 aliphatic carbocycles. The molecule has 0 amide bonds. The molecule has 3 heterocycles. The lowest BCUT2D eigenvalue weighted by Gasteiger charge is -2.35. The molecule has 2 atom stereocenters. The second-order valence-corrected chi connectivity index (χ2v) is 9.52. The van der Waals surface area contributed by atoms with Crippen molar-refractivity contribution in [3.8, 4) is 5.75 Å². The van der Waals surface area contributed by atoms with E-state index in [1.54, 1.807) is 6.20 Å². The summed E-state index contributed by atoms with van der Waals surface area (Å²) < 4.78 is 6.23. The van der Waals surface area contributed by atoms with Crippen LogP contribution in [0.5, 0.6) is 5.75 Å². The van der Waals surface area contributed by atoms with Crippen LogP contribution in [0.3, 0.4) is 0 Å². The van der Waals surface area contributed by atoms with Gasteiger partial charge in [0.05, 0.1) is 24.0 Å². The highest BCUT2D eigenvalue weighted by Gasteiger charge is 2.26. The molecule has 34 heavy (non-hydrogen) atoms. The molecule has 0 spiro atoms. The topological polar surface area (TPSA) is 73.4 Å². The van der Waals surface area contributed by atoms with Crippen molar-refractivity contribution in [2.24, 2.45) is 0 Å². The summed E-state index contributed by atoms with van der Waals surface area (Å²) in [6.45, 7) is 6.08. The third kappa shape index (κ3) is 3.68. The number of aliphatic hydroxyl groups is 1. The van der Waals surface area contributed by atoms with Crippen molar-refractivity contribution in [3.05, 3.63) is 77.2 Å². The minimum atomic E-state index is -0.459. The molecule has 4 aromatic rings. The monoisotopic (exact) mass is 454 g/mol. The zero-order valence-electron chi connectivity index (χ0n) is 19.6. The number of aryl methyl sites for hydroxylation is 1. The fourth-order valence-corrected chi connectivity index (χ4v) is 5.40. The van der Waals surface area contributed by atoms with Crippen LogP contribution in [0.4, 0.5) is 17.1 Å². The van der Waals surface area contributed by atoms with Crippen molar-refractivity contribution in [1.82, 2.24) is 9.97 Å². The van der Waals surface area contributed by atoms with Gasteiger partial charge in [0.15, 0.2) is 0 Å². The van der Waals surface area contributed by atoms with E-state index >= 15 is 0 Å². The van der Waals surface area contributed by atoms with E-state index in [0.29, 0.717) is 0 Å². The molecule has 6 nitrogen and oxygen atoms in total. The first-order valence-electron chi connectivity index (χ1n) is 12.1. The van der Waals surface area contributed by atoms with Crippen LogP contribution in [0.1, 0.15) is 41.8 Å². The van der Waals surface area contributed by atoms with Gasteiger partial charge in [-0.1, -0.05) is 18.2 Å². The van der Waals surface area contributed by atoms with Gasteiger partial charge in [-0.2, -0.15) is 0 Å². The van der Waals surface area contributed by atoms with E-state index in [4.69, 9.17) is 4.74 Å². The number of nitrogens with zero attached hydrogens (tertiary/aromatic N) is 2. The zero-order chi connectivity index (χ0) is 23.2. The van der Waals surface area contributed by atoms with E-state index in [1.807, 2.05) is 6.07 Å². The van der Waals surface area contributed by atoms with Crippen LogP contribution in [-0.2, 0) is 12.8 Å². The average Bonchev–Trinajstić information content (AvgIpc) is 3.42. The molecular weight excluding hydrogens is 424 g/mol. The van der Waals surface area contributed by atoms with Gasteiger partial charge in [-0.25, -0.2) is 0 Å². The van der Waals surface area contributed by atoms with Crippen molar-refractivity contribution in [2.75, 3.05) is 23.3 Å². The normalized spacial score (nSPS) is 19.1. The molecule has 0 saturated heterocycles. The smallest absolute Gasteiger partial charge is 0.145 e. The first-order valence-corrected chi connectivity index (χ1v) is 12.1. The van der Waals surface area contributed by atoms with Crippen LogP contribution in [0.15, 0.2) is 54.9 Å². The second kappa shape index (κ2) is 8.37. The predicted molar refractivity (Wildman–Crippen MR) is 136 cm³/mol. The van der Waals surface area contributed by atoms with Crippen molar-refractivity contribution in [3.63, 3.8) is 0 Å². The Morgan fingerprint density at radius 3 is 3.06 bits per heavy atom. The minimum absolute atomic E-state index is 0.119. The molecule has 3 N–H and O–H groups in total. The summed E-state index contributed by atoms with van der Waals surface area (Å²) >= 11 is 0. The van der Waals surface area contributed by atoms with E-state index in [0.717, 1.165) is 66.4 Å².